The van der Waals surface area contributed by atoms with Crippen molar-refractivity contribution in [3.63, 3.8) is 0 Å². The summed E-state index contributed by atoms with van der Waals surface area (Å²) >= 11 is 0. The van der Waals surface area contributed by atoms with Gasteiger partial charge in [-0.1, -0.05) is 11.6 Å². The van der Waals surface area contributed by atoms with Crippen LogP contribution in [0.25, 0.3) is 28.0 Å². The highest BCUT2D eigenvalue weighted by Gasteiger charge is 2.30. The Balaban J connectivity index is 2.13. The lowest BCUT2D eigenvalue weighted by Gasteiger charge is -2.28. The van der Waals surface area contributed by atoms with Gasteiger partial charge in [-0.15, -0.1) is 0 Å². The van der Waals surface area contributed by atoms with E-state index in [0.29, 0.717) is 28.9 Å². The molecule has 0 spiro atoms. The molecule has 0 bridgehead atoms. The molecule has 35 heavy (non-hydrogen) atoms. The molecule has 7 nitrogen and oxygen atoms in total. The second-order valence-electron chi connectivity index (χ2n) is 10.6. The fourth-order valence-corrected chi connectivity index (χ4v) is 4.41. The Kier molecular flexibility index (Phi) is 5.88. The molecule has 0 unspecified atom stereocenters. The van der Waals surface area contributed by atoms with Crippen LogP contribution in [0.15, 0.2) is 33.0 Å². The highest BCUT2D eigenvalue weighted by molar-refractivity contribution is 6.02. The van der Waals surface area contributed by atoms with Gasteiger partial charge in [0.2, 0.25) is 11.2 Å². The molecule has 0 amide bonds. The molecule has 1 aromatic heterocycles. The molecule has 0 aliphatic carbocycles. The van der Waals surface area contributed by atoms with Crippen molar-refractivity contribution in [1.82, 2.24) is 0 Å². The van der Waals surface area contributed by atoms with Crippen LogP contribution in [-0.4, -0.2) is 31.6 Å². The van der Waals surface area contributed by atoms with Crippen LogP contribution in [0, 0.1) is 0 Å². The largest absolute Gasteiger partial charge is 0.507 e. The van der Waals surface area contributed by atoms with E-state index in [1.54, 1.807) is 19.9 Å². The molecule has 4 rings (SSSR count). The number of phenolic OH excluding ortho intramolecular Hbond substituents is 3. The van der Waals surface area contributed by atoms with Gasteiger partial charge in [-0.25, -0.2) is 0 Å². The van der Waals surface area contributed by atoms with E-state index in [9.17, 15) is 25.2 Å². The average molecular weight is 481 g/mol. The number of aliphatic hydroxyl groups is 1. The van der Waals surface area contributed by atoms with E-state index in [1.165, 1.54) is 6.07 Å². The quantitative estimate of drug-likeness (QED) is 0.217. The smallest absolute Gasteiger partial charge is 0.204 e. The Morgan fingerprint density at radius 2 is 1.74 bits per heavy atom. The predicted octanol–water partition coefficient (Wildman–Crippen LogP) is 5.46. The van der Waals surface area contributed by atoms with Gasteiger partial charge in [0, 0.05) is 11.6 Å². The normalized spacial score (nSPS) is 14.7. The first-order valence-electron chi connectivity index (χ1n) is 11.7. The summed E-state index contributed by atoms with van der Waals surface area (Å²) in [6, 6.07) is 1.40. The summed E-state index contributed by atoms with van der Waals surface area (Å²) in [5, 5.41) is 43.1. The van der Waals surface area contributed by atoms with Crippen LogP contribution in [0.4, 0.5) is 0 Å². The summed E-state index contributed by atoms with van der Waals surface area (Å²) in [7, 11) is 0. The monoisotopic (exact) mass is 480 g/mol. The van der Waals surface area contributed by atoms with Crippen molar-refractivity contribution in [3.05, 3.63) is 50.7 Å². The van der Waals surface area contributed by atoms with Crippen molar-refractivity contribution < 1.29 is 29.6 Å². The van der Waals surface area contributed by atoms with E-state index in [2.05, 4.69) is 0 Å². The number of fused-ring (bicyclic) bond motifs is 4. The Morgan fingerprint density at radius 3 is 2.37 bits per heavy atom. The maximum atomic E-state index is 13.9. The lowest BCUT2D eigenvalue weighted by molar-refractivity contribution is 0.0714. The number of aryl methyl sites for hydroxylation is 1. The minimum Gasteiger partial charge on any atom is -0.507 e. The van der Waals surface area contributed by atoms with Crippen LogP contribution in [0.3, 0.4) is 0 Å². The zero-order valence-electron chi connectivity index (χ0n) is 20.9. The lowest BCUT2D eigenvalue weighted by Crippen LogP contribution is -2.27. The molecule has 2 aromatic carbocycles. The fraction of sp³-hybridized carbons (Fsp3) is 0.393. The van der Waals surface area contributed by atoms with Gasteiger partial charge in [-0.2, -0.15) is 0 Å². The second kappa shape index (κ2) is 8.34. The van der Waals surface area contributed by atoms with Crippen LogP contribution in [0.5, 0.6) is 23.0 Å². The van der Waals surface area contributed by atoms with Gasteiger partial charge >= 0.3 is 0 Å². The van der Waals surface area contributed by atoms with Crippen molar-refractivity contribution in [1.29, 1.82) is 0 Å². The number of rotatable bonds is 5. The van der Waals surface area contributed by atoms with Gasteiger partial charge in [-0.05, 0) is 78.5 Å². The van der Waals surface area contributed by atoms with E-state index >= 15 is 0 Å². The predicted molar refractivity (Wildman–Crippen MR) is 136 cm³/mol. The first-order chi connectivity index (χ1) is 16.2. The molecule has 0 saturated carbocycles. The highest BCUT2D eigenvalue weighted by Crippen LogP contribution is 2.45. The van der Waals surface area contributed by atoms with E-state index in [1.807, 2.05) is 39.8 Å². The SMILES string of the molecule is CC(C)=CCc1c(O)c(O)c2oc3c4c(cc(O)c3c(=O)c2c1CCC(C)(C)O)OC(C)(C)C=C4. The summed E-state index contributed by atoms with van der Waals surface area (Å²) in [5.41, 5.74) is 0.0328. The third-order valence-corrected chi connectivity index (χ3v) is 6.26. The molecule has 0 radical (unpaired) electrons. The number of aromatic hydroxyl groups is 3. The standard InChI is InChI=1S/C28H32O7/c1-14(2)7-8-16-15(9-11-27(3,4)33)20-23(31)21-18(29)13-19-17(10-12-28(5,6)35-19)25(21)34-26(20)24(32)22(16)30/h7,10,12-13,29-30,32-33H,8-9,11H2,1-6H3. The van der Waals surface area contributed by atoms with Crippen LogP contribution in [0.1, 0.15) is 64.7 Å². The summed E-state index contributed by atoms with van der Waals surface area (Å²) < 4.78 is 12.0. The third kappa shape index (κ3) is 4.48. The van der Waals surface area contributed by atoms with Crippen molar-refractivity contribution in [3.8, 4) is 23.0 Å². The molecular formula is C28H32O7. The number of phenols is 3. The molecule has 0 fully saturated rings. The molecule has 1 aliphatic rings. The average Bonchev–Trinajstić information content (AvgIpc) is 2.72. The third-order valence-electron chi connectivity index (χ3n) is 6.26. The number of hydrogen-bond acceptors (Lipinski definition) is 7. The lowest BCUT2D eigenvalue weighted by atomic mass is 9.89. The summed E-state index contributed by atoms with van der Waals surface area (Å²) in [6.07, 6.45) is 6.27. The van der Waals surface area contributed by atoms with Gasteiger partial charge in [-0.3, -0.25) is 4.79 Å². The molecule has 0 atom stereocenters. The zero-order valence-corrected chi connectivity index (χ0v) is 20.9. The summed E-state index contributed by atoms with van der Waals surface area (Å²) in [6.45, 7) is 10.9. The van der Waals surface area contributed by atoms with Gasteiger partial charge in [0.1, 0.15) is 22.5 Å². The summed E-state index contributed by atoms with van der Waals surface area (Å²) in [5.74, 6) is -0.866. The van der Waals surface area contributed by atoms with Crippen molar-refractivity contribution in [2.24, 2.45) is 0 Å². The van der Waals surface area contributed by atoms with Crippen LogP contribution < -0.4 is 10.2 Å². The van der Waals surface area contributed by atoms with E-state index in [0.717, 1.165) is 5.57 Å². The van der Waals surface area contributed by atoms with Gasteiger partial charge < -0.3 is 29.6 Å². The summed E-state index contributed by atoms with van der Waals surface area (Å²) in [4.78, 5) is 13.9. The number of allylic oxidation sites excluding steroid dienone is 2. The molecule has 3 aromatic rings. The minimum atomic E-state index is -1.03. The van der Waals surface area contributed by atoms with Crippen molar-refractivity contribution in [2.75, 3.05) is 0 Å². The van der Waals surface area contributed by atoms with E-state index < -0.39 is 22.4 Å². The molecule has 186 valence electrons. The van der Waals surface area contributed by atoms with Crippen molar-refractivity contribution in [2.45, 2.75) is 72.0 Å². The first-order valence-corrected chi connectivity index (χ1v) is 11.7. The van der Waals surface area contributed by atoms with E-state index in [4.69, 9.17) is 9.15 Å². The maximum Gasteiger partial charge on any atom is 0.204 e. The Bertz CT molecular complexity index is 1460. The molecule has 2 heterocycles. The van der Waals surface area contributed by atoms with Crippen molar-refractivity contribution >= 4 is 28.0 Å². The molecule has 4 N–H and O–H groups in total. The highest BCUT2D eigenvalue weighted by atomic mass is 16.5. The second-order valence-corrected chi connectivity index (χ2v) is 10.6. The molecule has 0 saturated heterocycles. The molecule has 1 aliphatic heterocycles. The maximum absolute atomic E-state index is 13.9. The first kappa shape index (κ1) is 24.7. The van der Waals surface area contributed by atoms with E-state index in [-0.39, 0.29) is 46.3 Å². The Hall–Kier alpha value is -3.45. The Labute approximate surface area is 203 Å². The molecular weight excluding hydrogens is 448 g/mol. The topological polar surface area (TPSA) is 120 Å². The van der Waals surface area contributed by atoms with Crippen LogP contribution in [0.2, 0.25) is 0 Å². The van der Waals surface area contributed by atoms with Gasteiger partial charge in [0.15, 0.2) is 16.9 Å². The van der Waals surface area contributed by atoms with Gasteiger partial charge in [0.25, 0.3) is 0 Å². The Morgan fingerprint density at radius 1 is 1.06 bits per heavy atom. The number of benzene rings is 2. The van der Waals surface area contributed by atoms with Crippen LogP contribution in [-0.2, 0) is 12.8 Å². The van der Waals surface area contributed by atoms with Gasteiger partial charge in [0.05, 0.1) is 16.6 Å². The zero-order chi connectivity index (χ0) is 25.9. The number of ether oxygens (including phenoxy) is 1. The minimum absolute atomic E-state index is 0.0352. The van der Waals surface area contributed by atoms with Crippen LogP contribution >= 0.6 is 0 Å². The number of hydrogen-bond donors (Lipinski definition) is 4. The fourth-order valence-electron chi connectivity index (χ4n) is 4.41. The molecule has 7 heteroatoms.